The Morgan fingerprint density at radius 3 is 2.14 bits per heavy atom. The fraction of sp³-hybridized carbons (Fsp3) is 0.136. The zero-order valence-electron chi connectivity index (χ0n) is 15.4. The van der Waals surface area contributed by atoms with Gasteiger partial charge in [0.15, 0.2) is 0 Å². The molecule has 1 heterocycles. The Balaban J connectivity index is 2.18. The number of hydrogen-bond acceptors (Lipinski definition) is 3. The number of carbonyl (C=O) groups is 2. The van der Waals surface area contributed by atoms with Crippen LogP contribution < -0.4 is 0 Å². The smallest absolute Gasteiger partial charge is 0.353 e. The van der Waals surface area contributed by atoms with Crippen LogP contribution in [0.5, 0.6) is 0 Å². The van der Waals surface area contributed by atoms with Gasteiger partial charge in [-0.05, 0) is 29.2 Å². The molecule has 6 nitrogen and oxygen atoms in total. The van der Waals surface area contributed by atoms with Crippen LogP contribution in [0.25, 0.3) is 22.3 Å². The van der Waals surface area contributed by atoms with Gasteiger partial charge in [0.05, 0.1) is 11.1 Å². The normalized spacial score (nSPS) is 10.5. The lowest BCUT2D eigenvalue weighted by atomic mass is 9.95. The molecule has 3 rings (SSSR count). The largest absolute Gasteiger partial charge is 0.478 e. The molecule has 3 aromatic rings. The highest BCUT2D eigenvalue weighted by Gasteiger charge is 2.25. The number of aromatic carboxylic acids is 2. The van der Waals surface area contributed by atoms with E-state index >= 15 is 0 Å². The summed E-state index contributed by atoms with van der Waals surface area (Å²) < 4.78 is 1.55. The van der Waals surface area contributed by atoms with Crippen molar-refractivity contribution < 1.29 is 19.8 Å². The van der Waals surface area contributed by atoms with Crippen molar-refractivity contribution in [2.45, 2.75) is 13.3 Å². The van der Waals surface area contributed by atoms with E-state index in [-0.39, 0.29) is 11.3 Å². The van der Waals surface area contributed by atoms with Crippen molar-refractivity contribution in [1.82, 2.24) is 4.57 Å². The van der Waals surface area contributed by atoms with Gasteiger partial charge in [0.1, 0.15) is 11.8 Å². The number of rotatable bonds is 5. The molecule has 0 aliphatic carbocycles. The van der Waals surface area contributed by atoms with Crippen molar-refractivity contribution in [2.24, 2.45) is 7.05 Å². The number of nitrogens with zero attached hydrogens (tertiary/aromatic N) is 2. The van der Waals surface area contributed by atoms with Gasteiger partial charge in [-0.3, -0.25) is 0 Å². The molecule has 0 unspecified atom stereocenters. The van der Waals surface area contributed by atoms with E-state index in [2.05, 4.69) is 6.07 Å². The molecule has 0 spiro atoms. The summed E-state index contributed by atoms with van der Waals surface area (Å²) in [4.78, 5) is 23.3. The van der Waals surface area contributed by atoms with E-state index in [1.807, 2.05) is 6.92 Å². The molecule has 0 fully saturated rings. The van der Waals surface area contributed by atoms with Crippen LogP contribution in [0.4, 0.5) is 0 Å². The third-order valence-electron chi connectivity index (χ3n) is 4.81. The maximum absolute atomic E-state index is 11.8. The molecule has 0 saturated heterocycles. The number of carboxylic acids is 2. The first kappa shape index (κ1) is 18.9. The fourth-order valence-corrected chi connectivity index (χ4v) is 3.54. The summed E-state index contributed by atoms with van der Waals surface area (Å²) in [6.45, 7) is 1.87. The number of nitriles is 1. The Labute approximate surface area is 161 Å². The first-order valence-corrected chi connectivity index (χ1v) is 8.68. The number of aromatic nitrogens is 1. The van der Waals surface area contributed by atoms with E-state index in [4.69, 9.17) is 0 Å². The van der Waals surface area contributed by atoms with E-state index in [0.29, 0.717) is 39.9 Å². The van der Waals surface area contributed by atoms with Crippen LogP contribution in [-0.4, -0.2) is 26.7 Å². The summed E-state index contributed by atoms with van der Waals surface area (Å²) >= 11 is 0. The first-order chi connectivity index (χ1) is 13.4. The van der Waals surface area contributed by atoms with Crippen molar-refractivity contribution in [3.63, 3.8) is 0 Å². The van der Waals surface area contributed by atoms with Gasteiger partial charge < -0.3 is 14.8 Å². The van der Waals surface area contributed by atoms with Gasteiger partial charge in [-0.2, -0.15) is 5.26 Å². The number of benzene rings is 2. The summed E-state index contributed by atoms with van der Waals surface area (Å²) in [7, 11) is 1.64. The van der Waals surface area contributed by atoms with Crippen LogP contribution in [0.1, 0.15) is 39.0 Å². The second kappa shape index (κ2) is 7.41. The van der Waals surface area contributed by atoms with Crippen molar-refractivity contribution >= 4 is 11.9 Å². The summed E-state index contributed by atoms with van der Waals surface area (Å²) in [6.07, 6.45) is 0.531. The Morgan fingerprint density at radius 1 is 1.00 bits per heavy atom. The van der Waals surface area contributed by atoms with Crippen LogP contribution in [0.2, 0.25) is 0 Å². The molecule has 0 aliphatic rings. The Bertz CT molecular complexity index is 1120. The molecule has 1 aromatic heterocycles. The summed E-state index contributed by atoms with van der Waals surface area (Å²) in [5.41, 5.74) is 3.51. The molecule has 0 atom stereocenters. The third-order valence-corrected chi connectivity index (χ3v) is 4.81. The maximum Gasteiger partial charge on any atom is 0.353 e. The van der Waals surface area contributed by atoms with Crippen LogP contribution in [0.15, 0.2) is 48.5 Å². The molecule has 0 amide bonds. The van der Waals surface area contributed by atoms with Crippen molar-refractivity contribution in [1.29, 1.82) is 5.26 Å². The van der Waals surface area contributed by atoms with Gasteiger partial charge >= 0.3 is 11.9 Å². The van der Waals surface area contributed by atoms with Crippen molar-refractivity contribution in [2.75, 3.05) is 0 Å². The van der Waals surface area contributed by atoms with Gasteiger partial charge in [-0.1, -0.05) is 49.4 Å². The second-order valence-electron chi connectivity index (χ2n) is 6.30. The number of carboxylic acid groups (broad SMARTS) is 2. The standard InChI is InChI=1S/C22H18N2O4/c1-3-18-17(12-23)19(20(22(27)28)24(18)2)14-10-8-13(9-11-14)15-6-4-5-7-16(15)21(25)26/h4-11H,3H2,1-2H3,(H,25,26)(H,27,28). The Hall–Kier alpha value is -3.85. The molecule has 0 aliphatic heterocycles. The van der Waals surface area contributed by atoms with Crippen LogP contribution in [-0.2, 0) is 13.5 Å². The van der Waals surface area contributed by atoms with Crippen molar-refractivity contribution in [3.8, 4) is 28.3 Å². The molecule has 28 heavy (non-hydrogen) atoms. The van der Waals surface area contributed by atoms with Gasteiger partial charge in [0, 0.05) is 18.3 Å². The average molecular weight is 374 g/mol. The first-order valence-electron chi connectivity index (χ1n) is 8.68. The van der Waals surface area contributed by atoms with Gasteiger partial charge in [-0.25, -0.2) is 9.59 Å². The highest BCUT2D eigenvalue weighted by Crippen LogP contribution is 2.34. The lowest BCUT2D eigenvalue weighted by molar-refractivity contribution is 0.0680. The minimum absolute atomic E-state index is 0.0621. The molecule has 0 bridgehead atoms. The lowest BCUT2D eigenvalue weighted by Gasteiger charge is -2.08. The van der Waals surface area contributed by atoms with Crippen LogP contribution >= 0.6 is 0 Å². The van der Waals surface area contributed by atoms with E-state index in [1.165, 1.54) is 6.07 Å². The lowest BCUT2D eigenvalue weighted by Crippen LogP contribution is -2.07. The Kier molecular flexibility index (Phi) is 5.01. The van der Waals surface area contributed by atoms with Gasteiger partial charge in [0.2, 0.25) is 0 Å². The molecular weight excluding hydrogens is 356 g/mol. The van der Waals surface area contributed by atoms with E-state index in [0.717, 1.165) is 0 Å². The quantitative estimate of drug-likeness (QED) is 0.697. The van der Waals surface area contributed by atoms with E-state index in [9.17, 15) is 25.1 Å². The van der Waals surface area contributed by atoms with E-state index in [1.54, 1.807) is 54.1 Å². The van der Waals surface area contributed by atoms with Crippen LogP contribution in [0, 0.1) is 11.3 Å². The molecular formula is C22H18N2O4. The topological polar surface area (TPSA) is 103 Å². The summed E-state index contributed by atoms with van der Waals surface area (Å²) in [6, 6.07) is 15.7. The van der Waals surface area contributed by atoms with Gasteiger partial charge in [0.25, 0.3) is 0 Å². The van der Waals surface area contributed by atoms with Crippen molar-refractivity contribution in [3.05, 3.63) is 71.0 Å². The molecule has 2 aromatic carbocycles. The van der Waals surface area contributed by atoms with E-state index < -0.39 is 11.9 Å². The predicted octanol–water partition coefficient (Wildman–Crippen LogP) is 4.19. The minimum atomic E-state index is -1.10. The number of hydrogen-bond donors (Lipinski definition) is 2. The van der Waals surface area contributed by atoms with Crippen LogP contribution in [0.3, 0.4) is 0 Å². The highest BCUT2D eigenvalue weighted by molar-refractivity contribution is 5.98. The second-order valence-corrected chi connectivity index (χ2v) is 6.30. The fourth-order valence-electron chi connectivity index (χ4n) is 3.54. The zero-order valence-corrected chi connectivity index (χ0v) is 15.4. The molecule has 0 saturated carbocycles. The maximum atomic E-state index is 11.8. The zero-order chi connectivity index (χ0) is 20.4. The monoisotopic (exact) mass is 374 g/mol. The van der Waals surface area contributed by atoms with Gasteiger partial charge in [-0.15, -0.1) is 0 Å². The SMILES string of the molecule is CCc1c(C#N)c(-c2ccc(-c3ccccc3C(=O)O)cc2)c(C(=O)O)n1C. The highest BCUT2D eigenvalue weighted by atomic mass is 16.4. The molecule has 6 heteroatoms. The molecule has 140 valence electrons. The predicted molar refractivity (Wildman–Crippen MR) is 104 cm³/mol. The average Bonchev–Trinajstić information content (AvgIpc) is 2.99. The summed E-state index contributed by atoms with van der Waals surface area (Å²) in [5, 5.41) is 28.7. The molecule has 2 N–H and O–H groups in total. The minimum Gasteiger partial charge on any atom is -0.478 e. The Morgan fingerprint density at radius 2 is 1.61 bits per heavy atom. The third kappa shape index (κ3) is 3.03. The molecule has 0 radical (unpaired) electrons. The summed E-state index contributed by atoms with van der Waals surface area (Å²) in [5.74, 6) is -2.12.